The van der Waals surface area contributed by atoms with Crippen molar-refractivity contribution in [2.45, 2.75) is 10.7 Å². The molecule has 5 nitrogen and oxygen atoms in total. The second-order valence-corrected chi connectivity index (χ2v) is 7.50. The second-order valence-electron chi connectivity index (χ2n) is 5.22. The zero-order valence-corrected chi connectivity index (χ0v) is 15.6. The number of Topliss-reactive ketones (excluding diaryl/α,β-unsaturated/α-hetero) is 1. The lowest BCUT2D eigenvalue weighted by molar-refractivity contribution is 0.101. The summed E-state index contributed by atoms with van der Waals surface area (Å²) in [5, 5.41) is 0. The number of carbonyl (C=O) groups is 1. The molecule has 0 unspecified atom stereocenters. The van der Waals surface area contributed by atoms with Crippen LogP contribution in [0.25, 0.3) is 11.4 Å². The molecule has 1 heterocycles. The van der Waals surface area contributed by atoms with Crippen LogP contribution in [0.4, 0.5) is 5.82 Å². The summed E-state index contributed by atoms with van der Waals surface area (Å²) < 4.78 is -1.88. The van der Waals surface area contributed by atoms with Gasteiger partial charge >= 0.3 is 0 Å². The first-order chi connectivity index (χ1) is 11.2. The Labute approximate surface area is 155 Å². The molecule has 0 aliphatic rings. The molecule has 8 heteroatoms. The third kappa shape index (κ3) is 4.44. The standard InChI is InChI=1S/C16H15Cl3N4O/c1-10(24)12-13(16(17,18)19)21-14(11-7-5-4-6-8-11)22-15(12)20-9-23(2)3/h4-9H,1-3H3. The Balaban J connectivity index is 2.77. The third-order valence-corrected chi connectivity index (χ3v) is 3.49. The van der Waals surface area contributed by atoms with E-state index in [9.17, 15) is 4.79 Å². The Morgan fingerprint density at radius 2 is 1.79 bits per heavy atom. The predicted molar refractivity (Wildman–Crippen MR) is 98.5 cm³/mol. The van der Waals surface area contributed by atoms with E-state index in [1.54, 1.807) is 19.0 Å². The van der Waals surface area contributed by atoms with Crippen LogP contribution in [0.1, 0.15) is 23.0 Å². The van der Waals surface area contributed by atoms with Crippen LogP contribution in [0, 0.1) is 0 Å². The third-order valence-electron chi connectivity index (χ3n) is 2.95. The van der Waals surface area contributed by atoms with Crippen LogP contribution in [-0.4, -0.2) is 41.1 Å². The predicted octanol–water partition coefficient (Wildman–Crippen LogP) is 4.39. The van der Waals surface area contributed by atoms with Crippen molar-refractivity contribution in [3.63, 3.8) is 0 Å². The molecule has 0 amide bonds. The van der Waals surface area contributed by atoms with Gasteiger partial charge < -0.3 is 4.90 Å². The molecule has 126 valence electrons. The van der Waals surface area contributed by atoms with Gasteiger partial charge in [0, 0.05) is 19.7 Å². The molecule has 0 spiro atoms. The summed E-state index contributed by atoms with van der Waals surface area (Å²) in [6, 6.07) is 9.20. The molecule has 2 aromatic rings. The molecule has 2 rings (SSSR count). The van der Waals surface area contributed by atoms with Crippen LogP contribution in [0.3, 0.4) is 0 Å². The maximum absolute atomic E-state index is 12.1. The minimum absolute atomic E-state index is 0.0137. The number of carbonyl (C=O) groups excluding carboxylic acids is 1. The van der Waals surface area contributed by atoms with Gasteiger partial charge in [0.15, 0.2) is 17.4 Å². The highest BCUT2D eigenvalue weighted by Crippen LogP contribution is 2.41. The van der Waals surface area contributed by atoms with E-state index in [4.69, 9.17) is 34.8 Å². The molecule has 0 aliphatic heterocycles. The van der Waals surface area contributed by atoms with Gasteiger partial charge in [0.2, 0.25) is 3.79 Å². The Kier molecular flexibility index (Phi) is 5.80. The Hall–Kier alpha value is -1.69. The van der Waals surface area contributed by atoms with Crippen LogP contribution in [0.2, 0.25) is 0 Å². The maximum atomic E-state index is 12.1. The van der Waals surface area contributed by atoms with E-state index in [-0.39, 0.29) is 22.9 Å². The Bertz CT molecular complexity index is 771. The van der Waals surface area contributed by atoms with E-state index >= 15 is 0 Å². The highest BCUT2D eigenvalue weighted by atomic mass is 35.6. The van der Waals surface area contributed by atoms with E-state index in [1.807, 2.05) is 30.3 Å². The van der Waals surface area contributed by atoms with Crippen molar-refractivity contribution in [2.75, 3.05) is 14.1 Å². The summed E-state index contributed by atoms with van der Waals surface area (Å²) >= 11 is 18.1. The summed E-state index contributed by atoms with van der Waals surface area (Å²) in [4.78, 5) is 26.7. The van der Waals surface area contributed by atoms with Gasteiger partial charge in [-0.2, -0.15) is 0 Å². The molecule has 0 radical (unpaired) electrons. The van der Waals surface area contributed by atoms with Gasteiger partial charge in [-0.3, -0.25) is 4.79 Å². The molecular formula is C16H15Cl3N4O. The van der Waals surface area contributed by atoms with E-state index in [0.29, 0.717) is 5.82 Å². The van der Waals surface area contributed by atoms with Gasteiger partial charge in [-0.1, -0.05) is 65.1 Å². The minimum Gasteiger partial charge on any atom is -0.369 e. The van der Waals surface area contributed by atoms with Gasteiger partial charge in [0.25, 0.3) is 0 Å². The number of halogens is 3. The fourth-order valence-corrected chi connectivity index (χ4v) is 2.37. The largest absolute Gasteiger partial charge is 0.369 e. The average molecular weight is 386 g/mol. The first-order valence-electron chi connectivity index (χ1n) is 6.96. The first-order valence-corrected chi connectivity index (χ1v) is 8.09. The SMILES string of the molecule is CC(=O)c1c(N=CN(C)C)nc(-c2ccccc2)nc1C(Cl)(Cl)Cl. The number of aromatic nitrogens is 2. The van der Waals surface area contributed by atoms with Crippen molar-refractivity contribution < 1.29 is 4.79 Å². The van der Waals surface area contributed by atoms with Crippen LogP contribution < -0.4 is 0 Å². The molecule has 1 aromatic carbocycles. The fourth-order valence-electron chi connectivity index (χ4n) is 1.96. The summed E-state index contributed by atoms with van der Waals surface area (Å²) in [7, 11) is 3.60. The highest BCUT2D eigenvalue weighted by Gasteiger charge is 2.33. The van der Waals surface area contributed by atoms with E-state index in [0.717, 1.165) is 5.56 Å². The molecule has 0 saturated heterocycles. The zero-order valence-electron chi connectivity index (χ0n) is 13.3. The Morgan fingerprint density at radius 3 is 2.29 bits per heavy atom. The van der Waals surface area contributed by atoms with Crippen LogP contribution in [-0.2, 0) is 3.79 Å². The number of ketones is 1. The molecular weight excluding hydrogens is 371 g/mol. The van der Waals surface area contributed by atoms with Gasteiger partial charge in [-0.05, 0) is 6.92 Å². The number of hydrogen-bond acceptors (Lipinski definition) is 4. The average Bonchev–Trinajstić information content (AvgIpc) is 2.51. The normalized spacial score (nSPS) is 11.8. The van der Waals surface area contributed by atoms with Crippen molar-refractivity contribution in [3.05, 3.63) is 41.6 Å². The van der Waals surface area contributed by atoms with Gasteiger partial charge in [0.05, 0.1) is 11.9 Å². The van der Waals surface area contributed by atoms with Gasteiger partial charge in [-0.25, -0.2) is 15.0 Å². The van der Waals surface area contributed by atoms with Crippen LogP contribution in [0.5, 0.6) is 0 Å². The monoisotopic (exact) mass is 384 g/mol. The second kappa shape index (κ2) is 7.47. The summed E-state index contributed by atoms with van der Waals surface area (Å²) in [6.07, 6.45) is 1.52. The summed E-state index contributed by atoms with van der Waals surface area (Å²) in [5.74, 6) is 0.154. The van der Waals surface area contributed by atoms with Gasteiger partial charge in [-0.15, -0.1) is 0 Å². The van der Waals surface area contributed by atoms with Gasteiger partial charge in [0.1, 0.15) is 5.69 Å². The first kappa shape index (κ1) is 18.6. The number of rotatable bonds is 4. The number of nitrogens with zero attached hydrogens (tertiary/aromatic N) is 4. The molecule has 0 N–H and O–H groups in total. The highest BCUT2D eigenvalue weighted by molar-refractivity contribution is 6.66. The molecule has 0 saturated carbocycles. The molecule has 1 aromatic heterocycles. The van der Waals surface area contributed by atoms with Crippen molar-refractivity contribution in [2.24, 2.45) is 4.99 Å². The summed E-state index contributed by atoms with van der Waals surface area (Å²) in [6.45, 7) is 1.36. The lowest BCUT2D eigenvalue weighted by Crippen LogP contribution is -2.15. The van der Waals surface area contributed by atoms with Crippen LogP contribution >= 0.6 is 34.8 Å². The summed E-state index contributed by atoms with van der Waals surface area (Å²) in [5.41, 5.74) is 0.831. The fraction of sp³-hybridized carbons (Fsp3) is 0.250. The number of aliphatic imine (C=N–C) groups is 1. The van der Waals surface area contributed by atoms with E-state index in [2.05, 4.69) is 15.0 Å². The topological polar surface area (TPSA) is 58.5 Å². The zero-order chi connectivity index (χ0) is 17.9. The van der Waals surface area contributed by atoms with Crippen molar-refractivity contribution in [1.82, 2.24) is 14.9 Å². The lowest BCUT2D eigenvalue weighted by Gasteiger charge is -2.17. The van der Waals surface area contributed by atoms with Crippen molar-refractivity contribution in [3.8, 4) is 11.4 Å². The smallest absolute Gasteiger partial charge is 0.233 e. The number of benzene rings is 1. The maximum Gasteiger partial charge on any atom is 0.233 e. The molecule has 0 atom stereocenters. The quantitative estimate of drug-likeness (QED) is 0.339. The molecule has 0 fully saturated rings. The lowest BCUT2D eigenvalue weighted by atomic mass is 10.1. The molecule has 24 heavy (non-hydrogen) atoms. The molecule has 0 aliphatic carbocycles. The minimum atomic E-state index is -1.88. The number of alkyl halides is 3. The molecule has 0 bridgehead atoms. The Morgan fingerprint density at radius 1 is 1.17 bits per heavy atom. The van der Waals surface area contributed by atoms with E-state index in [1.165, 1.54) is 13.3 Å². The number of hydrogen-bond donors (Lipinski definition) is 0. The van der Waals surface area contributed by atoms with Crippen LogP contribution in [0.15, 0.2) is 35.3 Å². The van der Waals surface area contributed by atoms with E-state index < -0.39 is 3.79 Å². The van der Waals surface area contributed by atoms with Crippen molar-refractivity contribution >= 4 is 52.7 Å². The van der Waals surface area contributed by atoms with Crippen molar-refractivity contribution in [1.29, 1.82) is 0 Å².